The van der Waals surface area contributed by atoms with Crippen LogP contribution in [0.4, 0.5) is 0 Å². The average molecular weight is 379 g/mol. The second kappa shape index (κ2) is 9.09. The molecule has 0 bridgehead atoms. The van der Waals surface area contributed by atoms with Crippen molar-refractivity contribution in [2.75, 3.05) is 0 Å². The lowest BCUT2D eigenvalue weighted by molar-refractivity contribution is -0.117. The SMILES string of the molecule is Cc1nc(COc2cccc(/C=C/C(=O)NC(C)c3cccnc3)c2)cs1. The number of hydrogen-bond acceptors (Lipinski definition) is 5. The number of hydrogen-bond donors (Lipinski definition) is 1. The van der Waals surface area contributed by atoms with Crippen molar-refractivity contribution in [1.29, 1.82) is 0 Å². The first-order valence-corrected chi connectivity index (χ1v) is 9.50. The van der Waals surface area contributed by atoms with Crippen LogP contribution in [0.3, 0.4) is 0 Å². The van der Waals surface area contributed by atoms with Gasteiger partial charge in [-0.2, -0.15) is 0 Å². The second-order valence-electron chi connectivity index (χ2n) is 6.07. The molecule has 0 saturated carbocycles. The Morgan fingerprint density at radius 3 is 2.96 bits per heavy atom. The van der Waals surface area contributed by atoms with Crippen LogP contribution in [0.5, 0.6) is 5.75 Å². The van der Waals surface area contributed by atoms with Crippen LogP contribution in [-0.4, -0.2) is 15.9 Å². The Morgan fingerprint density at radius 1 is 1.33 bits per heavy atom. The number of ether oxygens (including phenoxy) is 1. The van der Waals surface area contributed by atoms with Crippen LogP contribution >= 0.6 is 11.3 Å². The summed E-state index contributed by atoms with van der Waals surface area (Å²) in [4.78, 5) is 20.6. The highest BCUT2D eigenvalue weighted by molar-refractivity contribution is 7.09. The van der Waals surface area contributed by atoms with Gasteiger partial charge in [0, 0.05) is 23.8 Å². The number of pyridine rings is 1. The number of benzene rings is 1. The molecule has 1 atom stereocenters. The van der Waals surface area contributed by atoms with E-state index in [2.05, 4.69) is 15.3 Å². The number of carbonyl (C=O) groups excluding carboxylic acids is 1. The van der Waals surface area contributed by atoms with Gasteiger partial charge in [-0.1, -0.05) is 18.2 Å². The van der Waals surface area contributed by atoms with Gasteiger partial charge in [-0.15, -0.1) is 11.3 Å². The molecule has 3 rings (SSSR count). The molecule has 138 valence electrons. The first kappa shape index (κ1) is 18.8. The molecule has 27 heavy (non-hydrogen) atoms. The summed E-state index contributed by atoms with van der Waals surface area (Å²) in [6, 6.07) is 11.3. The molecule has 1 amide bonds. The van der Waals surface area contributed by atoms with E-state index in [1.165, 1.54) is 6.08 Å². The number of amides is 1. The van der Waals surface area contributed by atoms with Gasteiger partial charge in [0.25, 0.3) is 0 Å². The molecule has 2 aromatic heterocycles. The molecule has 3 aromatic rings. The molecule has 0 fully saturated rings. The Kier molecular flexibility index (Phi) is 6.33. The highest BCUT2D eigenvalue weighted by Crippen LogP contribution is 2.17. The van der Waals surface area contributed by atoms with Crippen LogP contribution < -0.4 is 10.1 Å². The van der Waals surface area contributed by atoms with E-state index in [9.17, 15) is 4.79 Å². The molecule has 0 aliphatic rings. The van der Waals surface area contributed by atoms with E-state index in [4.69, 9.17) is 4.74 Å². The summed E-state index contributed by atoms with van der Waals surface area (Å²) < 4.78 is 5.78. The first-order valence-electron chi connectivity index (χ1n) is 8.62. The molecule has 0 spiro atoms. The maximum absolute atomic E-state index is 12.1. The van der Waals surface area contributed by atoms with Crippen molar-refractivity contribution in [3.63, 3.8) is 0 Å². The van der Waals surface area contributed by atoms with Crippen LogP contribution in [0.1, 0.15) is 34.8 Å². The lowest BCUT2D eigenvalue weighted by atomic mass is 10.1. The van der Waals surface area contributed by atoms with Crippen LogP contribution in [0, 0.1) is 6.92 Å². The topological polar surface area (TPSA) is 64.1 Å². The summed E-state index contributed by atoms with van der Waals surface area (Å²) >= 11 is 1.61. The third kappa shape index (κ3) is 5.76. The number of rotatable bonds is 7. The summed E-state index contributed by atoms with van der Waals surface area (Å²) in [5, 5.41) is 5.94. The van der Waals surface area contributed by atoms with Crippen LogP contribution in [0.2, 0.25) is 0 Å². The quantitative estimate of drug-likeness (QED) is 0.621. The third-order valence-electron chi connectivity index (χ3n) is 3.88. The van der Waals surface area contributed by atoms with E-state index in [1.807, 2.05) is 55.6 Å². The number of thiazole rings is 1. The van der Waals surface area contributed by atoms with E-state index in [0.29, 0.717) is 6.61 Å². The maximum atomic E-state index is 12.1. The highest BCUT2D eigenvalue weighted by Gasteiger charge is 2.07. The number of aryl methyl sites for hydroxylation is 1. The van der Waals surface area contributed by atoms with Crippen molar-refractivity contribution in [1.82, 2.24) is 15.3 Å². The fourth-order valence-corrected chi connectivity index (χ4v) is 3.09. The van der Waals surface area contributed by atoms with Gasteiger partial charge in [-0.3, -0.25) is 9.78 Å². The number of aromatic nitrogens is 2. The Bertz CT molecular complexity index is 922. The zero-order valence-electron chi connectivity index (χ0n) is 15.3. The minimum Gasteiger partial charge on any atom is -0.487 e. The first-order chi connectivity index (χ1) is 13.1. The van der Waals surface area contributed by atoms with Crippen LogP contribution in [0.25, 0.3) is 6.08 Å². The monoisotopic (exact) mass is 379 g/mol. The van der Waals surface area contributed by atoms with Gasteiger partial charge in [0.1, 0.15) is 12.4 Å². The average Bonchev–Trinajstić information content (AvgIpc) is 3.11. The summed E-state index contributed by atoms with van der Waals surface area (Å²) in [5.74, 6) is 0.586. The van der Waals surface area contributed by atoms with Gasteiger partial charge in [0.2, 0.25) is 5.91 Å². The highest BCUT2D eigenvalue weighted by atomic mass is 32.1. The van der Waals surface area contributed by atoms with Crippen molar-refractivity contribution >= 4 is 23.3 Å². The largest absolute Gasteiger partial charge is 0.487 e. The van der Waals surface area contributed by atoms with Crippen molar-refractivity contribution in [2.45, 2.75) is 26.5 Å². The van der Waals surface area contributed by atoms with Crippen molar-refractivity contribution in [2.24, 2.45) is 0 Å². The molecular weight excluding hydrogens is 358 g/mol. The Hall–Kier alpha value is -2.99. The molecule has 5 nitrogen and oxygen atoms in total. The summed E-state index contributed by atoms with van der Waals surface area (Å²) in [6.45, 7) is 4.33. The van der Waals surface area contributed by atoms with E-state index in [-0.39, 0.29) is 11.9 Å². The maximum Gasteiger partial charge on any atom is 0.244 e. The number of nitrogens with one attached hydrogen (secondary N) is 1. The van der Waals surface area contributed by atoms with Crippen molar-refractivity contribution in [3.05, 3.63) is 82.1 Å². The van der Waals surface area contributed by atoms with Gasteiger partial charge >= 0.3 is 0 Å². The molecule has 6 heteroatoms. The minimum atomic E-state index is -0.157. The smallest absolute Gasteiger partial charge is 0.244 e. The lowest BCUT2D eigenvalue weighted by Crippen LogP contribution is -2.24. The number of carbonyl (C=O) groups is 1. The Balaban J connectivity index is 1.55. The Labute approximate surface area is 162 Å². The lowest BCUT2D eigenvalue weighted by Gasteiger charge is -2.12. The van der Waals surface area contributed by atoms with E-state index < -0.39 is 0 Å². The fourth-order valence-electron chi connectivity index (χ4n) is 2.49. The molecule has 2 heterocycles. The van der Waals surface area contributed by atoms with Gasteiger partial charge in [0.15, 0.2) is 0 Å². The van der Waals surface area contributed by atoms with E-state index in [0.717, 1.165) is 27.6 Å². The Morgan fingerprint density at radius 2 is 2.22 bits per heavy atom. The molecule has 0 saturated heterocycles. The van der Waals surface area contributed by atoms with Gasteiger partial charge in [-0.25, -0.2) is 4.98 Å². The number of nitrogens with zero attached hydrogens (tertiary/aromatic N) is 2. The molecule has 0 radical (unpaired) electrons. The zero-order valence-corrected chi connectivity index (χ0v) is 16.1. The standard InChI is InChI=1S/C21H21N3O2S/c1-15(18-6-4-10-22-12-18)23-21(25)9-8-17-5-3-7-20(11-17)26-13-19-14-27-16(2)24-19/h3-12,14-15H,13H2,1-2H3,(H,23,25)/b9-8+. The minimum absolute atomic E-state index is 0.105. The fraction of sp³-hybridized carbons (Fsp3) is 0.190. The van der Waals surface area contributed by atoms with Gasteiger partial charge < -0.3 is 10.1 Å². The van der Waals surface area contributed by atoms with E-state index in [1.54, 1.807) is 29.8 Å². The predicted octanol–water partition coefficient (Wildman–Crippen LogP) is 4.32. The second-order valence-corrected chi connectivity index (χ2v) is 7.13. The van der Waals surface area contributed by atoms with E-state index >= 15 is 0 Å². The van der Waals surface area contributed by atoms with Crippen LogP contribution in [0.15, 0.2) is 60.2 Å². The summed E-state index contributed by atoms with van der Waals surface area (Å²) in [7, 11) is 0. The molecule has 0 aliphatic heterocycles. The predicted molar refractivity (Wildman–Crippen MR) is 107 cm³/mol. The van der Waals surface area contributed by atoms with Gasteiger partial charge in [-0.05, 0) is 49.2 Å². The molecule has 1 aromatic carbocycles. The third-order valence-corrected chi connectivity index (χ3v) is 4.70. The zero-order chi connectivity index (χ0) is 19.1. The molecule has 0 aliphatic carbocycles. The molecule has 1 N–H and O–H groups in total. The van der Waals surface area contributed by atoms with Crippen molar-refractivity contribution in [3.8, 4) is 5.75 Å². The van der Waals surface area contributed by atoms with Crippen LogP contribution in [-0.2, 0) is 11.4 Å². The van der Waals surface area contributed by atoms with Gasteiger partial charge in [0.05, 0.1) is 16.7 Å². The molecular formula is C21H21N3O2S. The normalized spacial score (nSPS) is 12.1. The van der Waals surface area contributed by atoms with Crippen molar-refractivity contribution < 1.29 is 9.53 Å². The molecule has 1 unspecified atom stereocenters. The summed E-state index contributed by atoms with van der Waals surface area (Å²) in [5.41, 5.74) is 2.78. The summed E-state index contributed by atoms with van der Waals surface area (Å²) in [6.07, 6.45) is 6.75.